The van der Waals surface area contributed by atoms with Gasteiger partial charge in [0.25, 0.3) is 0 Å². The molecule has 6 heteroatoms. The van der Waals surface area contributed by atoms with Crippen molar-refractivity contribution in [3.05, 3.63) is 35.4 Å². The largest absolute Gasteiger partial charge is 0.340 e. The highest BCUT2D eigenvalue weighted by atomic mass is 16.2. The number of hydrogen-bond donors (Lipinski definition) is 1. The van der Waals surface area contributed by atoms with Gasteiger partial charge in [0, 0.05) is 57.6 Å². The summed E-state index contributed by atoms with van der Waals surface area (Å²) in [4.78, 5) is 30.8. The van der Waals surface area contributed by atoms with Crippen molar-refractivity contribution in [2.45, 2.75) is 32.2 Å². The number of hydrogen-bond acceptors (Lipinski definition) is 3. The van der Waals surface area contributed by atoms with Crippen LogP contribution in [0.25, 0.3) is 0 Å². The summed E-state index contributed by atoms with van der Waals surface area (Å²) >= 11 is 0. The van der Waals surface area contributed by atoms with Gasteiger partial charge < -0.3 is 20.0 Å². The van der Waals surface area contributed by atoms with E-state index in [4.69, 9.17) is 0 Å². The first-order chi connectivity index (χ1) is 12.4. The van der Waals surface area contributed by atoms with Crippen LogP contribution in [0.3, 0.4) is 0 Å². The van der Waals surface area contributed by atoms with Crippen molar-refractivity contribution in [3.63, 3.8) is 0 Å². The molecule has 26 heavy (non-hydrogen) atoms. The van der Waals surface area contributed by atoms with E-state index < -0.39 is 0 Å². The third-order valence-electron chi connectivity index (χ3n) is 5.45. The van der Waals surface area contributed by atoms with Gasteiger partial charge in [-0.2, -0.15) is 0 Å². The molecular formula is C20H30N4O2. The molecule has 0 saturated carbocycles. The number of nitrogens with zero attached hydrogens (tertiary/aromatic N) is 3. The minimum atomic E-state index is -0.0845. The Hall–Kier alpha value is -2.08. The summed E-state index contributed by atoms with van der Waals surface area (Å²) in [7, 11) is 2.07. The molecule has 0 atom stereocenters. The molecule has 0 aromatic heterocycles. The Balaban J connectivity index is 1.49. The molecule has 6 nitrogen and oxygen atoms in total. The van der Waals surface area contributed by atoms with Gasteiger partial charge in [-0.05, 0) is 18.2 Å². The fourth-order valence-corrected chi connectivity index (χ4v) is 3.89. The molecule has 142 valence electrons. The fraction of sp³-hybridized carbons (Fsp3) is 0.600. The molecule has 0 bridgehead atoms. The van der Waals surface area contributed by atoms with Gasteiger partial charge in [-0.1, -0.05) is 38.1 Å². The first-order valence-electron chi connectivity index (χ1n) is 9.44. The third kappa shape index (κ3) is 4.18. The van der Waals surface area contributed by atoms with E-state index in [1.807, 2.05) is 15.9 Å². The zero-order valence-corrected chi connectivity index (χ0v) is 16.1. The van der Waals surface area contributed by atoms with Crippen molar-refractivity contribution in [2.75, 3.05) is 46.3 Å². The molecule has 1 saturated heterocycles. The Kier molecular flexibility index (Phi) is 5.51. The Morgan fingerprint density at radius 2 is 1.77 bits per heavy atom. The first-order valence-corrected chi connectivity index (χ1v) is 9.44. The van der Waals surface area contributed by atoms with Gasteiger partial charge in [-0.25, -0.2) is 4.79 Å². The second-order valence-corrected chi connectivity index (χ2v) is 8.06. The summed E-state index contributed by atoms with van der Waals surface area (Å²) in [5.41, 5.74) is 2.45. The van der Waals surface area contributed by atoms with Crippen molar-refractivity contribution in [1.29, 1.82) is 0 Å². The number of piperazine rings is 1. The molecular weight excluding hydrogens is 328 g/mol. The molecule has 0 unspecified atom stereocenters. The van der Waals surface area contributed by atoms with Crippen LogP contribution in [-0.4, -0.2) is 73.0 Å². The summed E-state index contributed by atoms with van der Waals surface area (Å²) in [5.74, 6) is 0.128. The van der Waals surface area contributed by atoms with Crippen LogP contribution in [0, 0.1) is 0 Å². The molecule has 3 amide bonds. The third-order valence-corrected chi connectivity index (χ3v) is 5.45. The number of urea groups is 1. The zero-order valence-electron chi connectivity index (χ0n) is 16.1. The quantitative estimate of drug-likeness (QED) is 0.894. The van der Waals surface area contributed by atoms with Crippen molar-refractivity contribution < 1.29 is 9.59 Å². The molecule has 0 aliphatic carbocycles. The van der Waals surface area contributed by atoms with Gasteiger partial charge in [0.05, 0.1) is 0 Å². The van der Waals surface area contributed by atoms with Crippen LogP contribution in [0.2, 0.25) is 0 Å². The van der Waals surface area contributed by atoms with Crippen molar-refractivity contribution in [3.8, 4) is 0 Å². The van der Waals surface area contributed by atoms with Gasteiger partial charge in [0.1, 0.15) is 0 Å². The van der Waals surface area contributed by atoms with E-state index in [2.05, 4.69) is 49.3 Å². The van der Waals surface area contributed by atoms with Gasteiger partial charge in [-0.15, -0.1) is 0 Å². The van der Waals surface area contributed by atoms with Crippen molar-refractivity contribution in [1.82, 2.24) is 20.0 Å². The lowest BCUT2D eigenvalue weighted by Crippen LogP contribution is -2.50. The van der Waals surface area contributed by atoms with E-state index >= 15 is 0 Å². The van der Waals surface area contributed by atoms with E-state index in [-0.39, 0.29) is 17.4 Å². The highest BCUT2D eigenvalue weighted by molar-refractivity contribution is 5.78. The van der Waals surface area contributed by atoms with E-state index in [1.54, 1.807) is 0 Å². The van der Waals surface area contributed by atoms with E-state index in [0.717, 1.165) is 26.2 Å². The zero-order chi connectivity index (χ0) is 18.7. The average Bonchev–Trinajstić information content (AvgIpc) is 2.61. The Labute approximate surface area is 156 Å². The Bertz CT molecular complexity index is 666. The monoisotopic (exact) mass is 358 g/mol. The number of carbonyl (C=O) groups excluding carboxylic acids is 2. The standard InChI is InChI=1S/C20H30N4O2/c1-20(2)15-24(14-16-6-4-5-7-17(16)20)19(26)21-9-8-18(25)23-12-10-22(3)11-13-23/h4-7H,8-15H2,1-3H3,(H,21,26). The van der Waals surface area contributed by atoms with Gasteiger partial charge in [-0.3, -0.25) is 4.79 Å². The lowest BCUT2D eigenvalue weighted by molar-refractivity contribution is -0.132. The van der Waals surface area contributed by atoms with Gasteiger partial charge in [0.15, 0.2) is 0 Å². The van der Waals surface area contributed by atoms with Gasteiger partial charge >= 0.3 is 6.03 Å². The molecule has 1 fully saturated rings. The number of amides is 3. The van der Waals surface area contributed by atoms with Crippen molar-refractivity contribution in [2.24, 2.45) is 0 Å². The molecule has 1 aromatic rings. The van der Waals surface area contributed by atoms with E-state index in [9.17, 15) is 9.59 Å². The minimum Gasteiger partial charge on any atom is -0.340 e. The maximum atomic E-state index is 12.6. The lowest BCUT2D eigenvalue weighted by atomic mass is 9.78. The molecule has 2 aliphatic rings. The highest BCUT2D eigenvalue weighted by Gasteiger charge is 2.33. The smallest absolute Gasteiger partial charge is 0.317 e. The van der Waals surface area contributed by atoms with Crippen LogP contribution in [-0.2, 0) is 16.8 Å². The summed E-state index contributed by atoms with van der Waals surface area (Å²) < 4.78 is 0. The average molecular weight is 358 g/mol. The van der Waals surface area contributed by atoms with Crippen LogP contribution < -0.4 is 5.32 Å². The summed E-state index contributed by atoms with van der Waals surface area (Å²) in [6.45, 7) is 9.43. The highest BCUT2D eigenvalue weighted by Crippen LogP contribution is 2.32. The minimum absolute atomic E-state index is 0.0676. The molecule has 0 radical (unpaired) electrons. The summed E-state index contributed by atoms with van der Waals surface area (Å²) in [6, 6.07) is 8.23. The molecule has 0 spiro atoms. The van der Waals surface area contributed by atoms with Crippen LogP contribution >= 0.6 is 0 Å². The topological polar surface area (TPSA) is 55.9 Å². The molecule has 1 N–H and O–H groups in total. The van der Waals surface area contributed by atoms with Gasteiger partial charge in [0.2, 0.25) is 5.91 Å². The lowest BCUT2D eigenvalue weighted by Gasteiger charge is -2.39. The number of benzene rings is 1. The SMILES string of the molecule is CN1CCN(C(=O)CCNC(=O)N2Cc3ccccc3C(C)(C)C2)CC1. The summed E-state index contributed by atoms with van der Waals surface area (Å²) in [6.07, 6.45) is 0.364. The normalized spacial score (nSPS) is 19.8. The molecule has 3 rings (SSSR count). The number of likely N-dealkylation sites (N-methyl/N-ethyl adjacent to an activating group) is 1. The van der Waals surface area contributed by atoms with E-state index in [0.29, 0.717) is 26.1 Å². The Morgan fingerprint density at radius 1 is 1.08 bits per heavy atom. The van der Waals surface area contributed by atoms with Crippen LogP contribution in [0.5, 0.6) is 0 Å². The molecule has 2 aliphatic heterocycles. The second kappa shape index (κ2) is 7.66. The summed E-state index contributed by atoms with van der Waals surface area (Å²) in [5, 5.41) is 2.93. The Morgan fingerprint density at radius 3 is 2.50 bits per heavy atom. The predicted octanol–water partition coefficient (Wildman–Crippen LogP) is 1.65. The number of nitrogens with one attached hydrogen (secondary N) is 1. The van der Waals surface area contributed by atoms with E-state index in [1.165, 1.54) is 11.1 Å². The van der Waals surface area contributed by atoms with Crippen LogP contribution in [0.15, 0.2) is 24.3 Å². The predicted molar refractivity (Wildman–Crippen MR) is 102 cm³/mol. The van der Waals surface area contributed by atoms with Crippen LogP contribution in [0.1, 0.15) is 31.4 Å². The number of fused-ring (bicyclic) bond motifs is 1. The van der Waals surface area contributed by atoms with Crippen molar-refractivity contribution >= 4 is 11.9 Å². The van der Waals surface area contributed by atoms with Crippen LogP contribution in [0.4, 0.5) is 4.79 Å². The maximum absolute atomic E-state index is 12.6. The fourth-order valence-electron chi connectivity index (χ4n) is 3.89. The first kappa shape index (κ1) is 18.7. The second-order valence-electron chi connectivity index (χ2n) is 8.06. The number of carbonyl (C=O) groups is 2. The number of rotatable bonds is 3. The maximum Gasteiger partial charge on any atom is 0.317 e. The molecule has 1 aromatic carbocycles. The molecule has 2 heterocycles.